The Balaban J connectivity index is 3.50. The number of phenolic OH excluding ortho intramolecular Hbond substituents is 1. The van der Waals surface area contributed by atoms with Crippen LogP contribution in [0.15, 0.2) is 24.3 Å². The highest BCUT2D eigenvalue weighted by molar-refractivity contribution is 5.94. The molecule has 0 heterocycles. The van der Waals surface area contributed by atoms with E-state index in [1.54, 1.807) is 67.5 Å². The van der Waals surface area contributed by atoms with Gasteiger partial charge in [0, 0.05) is 11.6 Å². The zero-order valence-electron chi connectivity index (χ0n) is 21.3. The highest BCUT2D eigenvalue weighted by Crippen LogP contribution is 2.28. The molecule has 10 heteroatoms. The van der Waals surface area contributed by atoms with Gasteiger partial charge in [0.25, 0.3) is 0 Å². The van der Waals surface area contributed by atoms with Crippen LogP contribution in [0.5, 0.6) is 5.75 Å². The minimum Gasteiger partial charge on any atom is -0.508 e. The van der Waals surface area contributed by atoms with E-state index in [4.69, 9.17) is 10.5 Å². The van der Waals surface area contributed by atoms with Gasteiger partial charge in [0.1, 0.15) is 23.4 Å². The van der Waals surface area contributed by atoms with Gasteiger partial charge in [0.2, 0.25) is 17.7 Å². The van der Waals surface area contributed by atoms with Crippen LogP contribution in [0.1, 0.15) is 73.4 Å². The van der Waals surface area contributed by atoms with Crippen molar-refractivity contribution in [2.24, 2.45) is 5.73 Å². The Bertz CT molecular complexity index is 901. The quantitative estimate of drug-likeness (QED) is 0.450. The van der Waals surface area contributed by atoms with Crippen molar-refractivity contribution in [3.8, 4) is 5.75 Å². The van der Waals surface area contributed by atoms with Gasteiger partial charge in [-0.15, -0.1) is 0 Å². The van der Waals surface area contributed by atoms with Crippen molar-refractivity contribution in [3.05, 3.63) is 29.8 Å². The van der Waals surface area contributed by atoms with Crippen LogP contribution in [0, 0.1) is 0 Å². The monoisotopic (exact) mass is 478 g/mol. The number of nitrogens with one attached hydrogen (secondary N) is 2. The molecule has 0 radical (unpaired) electrons. The molecule has 2 atom stereocenters. The summed E-state index contributed by atoms with van der Waals surface area (Å²) in [5.74, 6) is -2.08. The number of rotatable bonds is 8. The molecule has 5 N–H and O–H groups in total. The van der Waals surface area contributed by atoms with E-state index in [9.17, 15) is 24.3 Å². The second-order valence-corrected chi connectivity index (χ2v) is 10.4. The number of carbonyl (C=O) groups is 4. The summed E-state index contributed by atoms with van der Waals surface area (Å²) in [4.78, 5) is 52.5. The number of nitrogens with two attached hydrogens (primary N) is 1. The molecule has 1 aromatic rings. The number of nitrogens with zero attached hydrogens (tertiary/aromatic N) is 1. The van der Waals surface area contributed by atoms with Crippen LogP contribution >= 0.6 is 0 Å². The first kappa shape index (κ1) is 28.7. The van der Waals surface area contributed by atoms with E-state index < -0.39 is 59.5 Å². The first-order valence-corrected chi connectivity index (χ1v) is 11.1. The molecule has 0 aliphatic carbocycles. The Morgan fingerprint density at radius 3 is 2.12 bits per heavy atom. The van der Waals surface area contributed by atoms with E-state index in [0.717, 1.165) is 0 Å². The van der Waals surface area contributed by atoms with Crippen molar-refractivity contribution in [2.45, 2.75) is 91.1 Å². The molecule has 0 fully saturated rings. The van der Waals surface area contributed by atoms with Gasteiger partial charge < -0.3 is 31.1 Å². The van der Waals surface area contributed by atoms with Gasteiger partial charge in [-0.1, -0.05) is 12.1 Å². The summed E-state index contributed by atoms with van der Waals surface area (Å²) in [6, 6.07) is 2.96. The summed E-state index contributed by atoms with van der Waals surface area (Å²) >= 11 is 0. The smallest absolute Gasteiger partial charge is 0.408 e. The average molecular weight is 479 g/mol. The van der Waals surface area contributed by atoms with Gasteiger partial charge >= 0.3 is 6.09 Å². The van der Waals surface area contributed by atoms with Crippen molar-refractivity contribution in [1.29, 1.82) is 0 Å². The molecule has 34 heavy (non-hydrogen) atoms. The zero-order valence-corrected chi connectivity index (χ0v) is 21.3. The van der Waals surface area contributed by atoms with E-state index in [-0.39, 0.29) is 5.75 Å². The molecule has 0 saturated heterocycles. The van der Waals surface area contributed by atoms with Crippen molar-refractivity contribution in [1.82, 2.24) is 15.5 Å². The summed E-state index contributed by atoms with van der Waals surface area (Å²) in [6.07, 6.45) is -1.39. The first-order valence-electron chi connectivity index (χ1n) is 11.1. The minimum absolute atomic E-state index is 0.0808. The standard InChI is InChI=1S/C24H38N4O6/c1-14(2)28(21(32)17(13-18(25)30)26-22(33)34-24(6,7)8)19(20(31)27-23(3,4)5)15-10-9-11-16(29)12-15/h9-12,14,17,19,29H,13H2,1-8H3,(H2,25,30)(H,26,33)(H,27,31). The lowest BCUT2D eigenvalue weighted by Gasteiger charge is -2.38. The Kier molecular flexibility index (Phi) is 9.48. The zero-order chi connectivity index (χ0) is 26.4. The van der Waals surface area contributed by atoms with Crippen molar-refractivity contribution in [3.63, 3.8) is 0 Å². The molecular weight excluding hydrogens is 440 g/mol. The second kappa shape index (κ2) is 11.2. The van der Waals surface area contributed by atoms with Crippen LogP contribution in [0.4, 0.5) is 4.79 Å². The van der Waals surface area contributed by atoms with Crippen LogP contribution in [-0.4, -0.2) is 57.0 Å². The van der Waals surface area contributed by atoms with Crippen LogP contribution in [0.3, 0.4) is 0 Å². The van der Waals surface area contributed by atoms with Gasteiger partial charge in [-0.3, -0.25) is 14.4 Å². The lowest BCUT2D eigenvalue weighted by molar-refractivity contribution is -0.146. The topological polar surface area (TPSA) is 151 Å². The molecule has 4 amide bonds. The summed E-state index contributed by atoms with van der Waals surface area (Å²) < 4.78 is 5.23. The third-order valence-electron chi connectivity index (χ3n) is 4.42. The molecule has 0 bridgehead atoms. The van der Waals surface area contributed by atoms with E-state index in [1.165, 1.54) is 17.0 Å². The number of ether oxygens (including phenoxy) is 1. The van der Waals surface area contributed by atoms with Crippen molar-refractivity contribution >= 4 is 23.8 Å². The molecule has 2 unspecified atom stereocenters. The van der Waals surface area contributed by atoms with Gasteiger partial charge in [0.15, 0.2) is 0 Å². The van der Waals surface area contributed by atoms with Gasteiger partial charge in [-0.2, -0.15) is 0 Å². The SMILES string of the molecule is CC(C)N(C(=O)C(CC(N)=O)NC(=O)OC(C)(C)C)C(C(=O)NC(C)(C)C)c1cccc(O)c1. The van der Waals surface area contributed by atoms with Gasteiger partial charge in [0.05, 0.1) is 6.42 Å². The van der Waals surface area contributed by atoms with E-state index in [1.807, 2.05) is 0 Å². The molecule has 0 saturated carbocycles. The maximum Gasteiger partial charge on any atom is 0.408 e. The molecular formula is C24H38N4O6. The number of amides is 4. The Hall–Kier alpha value is -3.30. The molecule has 0 aliphatic heterocycles. The van der Waals surface area contributed by atoms with Crippen LogP contribution in [-0.2, 0) is 19.1 Å². The summed E-state index contributed by atoms with van der Waals surface area (Å²) in [5.41, 5.74) is 4.26. The average Bonchev–Trinajstić information content (AvgIpc) is 2.61. The molecule has 0 aliphatic rings. The number of phenols is 1. The fourth-order valence-corrected chi connectivity index (χ4v) is 3.28. The summed E-state index contributed by atoms with van der Waals surface area (Å²) in [7, 11) is 0. The largest absolute Gasteiger partial charge is 0.508 e. The van der Waals surface area contributed by atoms with Crippen LogP contribution in [0.25, 0.3) is 0 Å². The Morgan fingerprint density at radius 1 is 1.09 bits per heavy atom. The second-order valence-electron chi connectivity index (χ2n) is 10.4. The molecule has 1 aromatic carbocycles. The number of alkyl carbamates (subject to hydrolysis) is 1. The predicted molar refractivity (Wildman–Crippen MR) is 128 cm³/mol. The number of carbonyl (C=O) groups excluding carboxylic acids is 4. The fourth-order valence-electron chi connectivity index (χ4n) is 3.28. The van der Waals surface area contributed by atoms with E-state index in [0.29, 0.717) is 5.56 Å². The number of hydrogen-bond acceptors (Lipinski definition) is 6. The van der Waals surface area contributed by atoms with Gasteiger partial charge in [-0.25, -0.2) is 4.79 Å². The Labute approximate surface area is 201 Å². The summed E-state index contributed by atoms with van der Waals surface area (Å²) in [5, 5.41) is 15.3. The Morgan fingerprint density at radius 2 is 1.68 bits per heavy atom. The molecule has 0 aromatic heterocycles. The van der Waals surface area contributed by atoms with Crippen LogP contribution in [0.2, 0.25) is 0 Å². The molecule has 10 nitrogen and oxygen atoms in total. The highest BCUT2D eigenvalue weighted by Gasteiger charge is 2.39. The predicted octanol–water partition coefficient (Wildman–Crippen LogP) is 2.35. The highest BCUT2D eigenvalue weighted by atomic mass is 16.6. The number of hydrogen-bond donors (Lipinski definition) is 4. The molecule has 1 rings (SSSR count). The minimum atomic E-state index is -1.36. The number of primary amides is 1. The normalized spacial score (nSPS) is 13.6. The fraction of sp³-hybridized carbons (Fsp3) is 0.583. The van der Waals surface area contributed by atoms with Gasteiger partial charge in [-0.05, 0) is 73.1 Å². The maximum absolute atomic E-state index is 13.7. The molecule has 0 spiro atoms. The summed E-state index contributed by atoms with van der Waals surface area (Å²) in [6.45, 7) is 13.8. The molecule has 190 valence electrons. The van der Waals surface area contributed by atoms with Crippen LogP contribution < -0.4 is 16.4 Å². The van der Waals surface area contributed by atoms with Crippen molar-refractivity contribution in [2.75, 3.05) is 0 Å². The maximum atomic E-state index is 13.7. The lowest BCUT2D eigenvalue weighted by atomic mass is 9.98. The third kappa shape index (κ3) is 9.29. The lowest BCUT2D eigenvalue weighted by Crippen LogP contribution is -2.57. The van der Waals surface area contributed by atoms with E-state index in [2.05, 4.69) is 10.6 Å². The first-order chi connectivity index (χ1) is 15.4. The van der Waals surface area contributed by atoms with E-state index >= 15 is 0 Å². The van der Waals surface area contributed by atoms with Crippen molar-refractivity contribution < 1.29 is 29.0 Å². The number of benzene rings is 1. The number of aromatic hydroxyl groups is 1. The third-order valence-corrected chi connectivity index (χ3v) is 4.42.